The zero-order valence-electron chi connectivity index (χ0n) is 11.3. The molecule has 21 heavy (non-hydrogen) atoms. The number of halogens is 2. The normalized spacial score (nSPS) is 11.4. The maximum Gasteiger partial charge on any atom is 0.262 e. The first-order chi connectivity index (χ1) is 9.70. The lowest BCUT2D eigenvalue weighted by molar-refractivity contribution is 0.600. The molecule has 3 N–H and O–H groups in total. The molecule has 112 valence electrons. The lowest BCUT2D eigenvalue weighted by atomic mass is 10.1. The van der Waals surface area contributed by atoms with Gasteiger partial charge in [-0.1, -0.05) is 11.6 Å². The van der Waals surface area contributed by atoms with E-state index in [1.165, 1.54) is 12.3 Å². The standard InChI is InChI=1S/C13H13BrClN3O2S/c1-7-3-9(16)4-12(8(7)2)21(19,20)18-10-5-11(14)13(15)17-6-10/h3-6,18H,16H2,1-2H3. The molecule has 0 atom stereocenters. The van der Waals surface area contributed by atoms with Crippen molar-refractivity contribution in [1.82, 2.24) is 4.98 Å². The summed E-state index contributed by atoms with van der Waals surface area (Å²) >= 11 is 8.98. The van der Waals surface area contributed by atoms with Crippen molar-refractivity contribution in [2.24, 2.45) is 0 Å². The Labute approximate surface area is 136 Å². The average Bonchev–Trinajstić information content (AvgIpc) is 2.37. The van der Waals surface area contributed by atoms with E-state index in [-0.39, 0.29) is 10.0 Å². The van der Waals surface area contributed by atoms with Crippen molar-refractivity contribution in [3.05, 3.63) is 45.1 Å². The van der Waals surface area contributed by atoms with Gasteiger partial charge >= 0.3 is 0 Å². The van der Waals surface area contributed by atoms with Gasteiger partial charge in [-0.25, -0.2) is 13.4 Å². The van der Waals surface area contributed by atoms with Crippen LogP contribution in [0.15, 0.2) is 33.8 Å². The van der Waals surface area contributed by atoms with Crippen molar-refractivity contribution < 1.29 is 8.42 Å². The van der Waals surface area contributed by atoms with Gasteiger partial charge in [0.25, 0.3) is 10.0 Å². The van der Waals surface area contributed by atoms with Gasteiger partial charge < -0.3 is 5.73 Å². The Kier molecular flexibility index (Phi) is 4.46. The number of aryl methyl sites for hydroxylation is 1. The number of aromatic nitrogens is 1. The molecule has 0 bridgehead atoms. The third-order valence-electron chi connectivity index (χ3n) is 2.98. The molecule has 1 aromatic carbocycles. The number of sulfonamides is 1. The van der Waals surface area contributed by atoms with Crippen LogP contribution in [0.4, 0.5) is 11.4 Å². The second-order valence-electron chi connectivity index (χ2n) is 4.56. The summed E-state index contributed by atoms with van der Waals surface area (Å²) in [4.78, 5) is 4.03. The molecule has 1 aromatic heterocycles. The molecule has 0 spiro atoms. The minimum atomic E-state index is -3.75. The van der Waals surface area contributed by atoms with Crippen LogP contribution < -0.4 is 10.5 Å². The van der Waals surface area contributed by atoms with Crippen molar-refractivity contribution >= 4 is 48.9 Å². The van der Waals surface area contributed by atoms with E-state index in [0.717, 1.165) is 5.56 Å². The van der Waals surface area contributed by atoms with Crippen molar-refractivity contribution in [2.45, 2.75) is 18.7 Å². The van der Waals surface area contributed by atoms with Crippen LogP contribution in [-0.2, 0) is 10.0 Å². The fourth-order valence-electron chi connectivity index (χ4n) is 1.82. The van der Waals surface area contributed by atoms with Gasteiger partial charge in [0.15, 0.2) is 0 Å². The van der Waals surface area contributed by atoms with E-state index in [1.54, 1.807) is 19.1 Å². The van der Waals surface area contributed by atoms with Crippen molar-refractivity contribution in [3.8, 4) is 0 Å². The molecular formula is C13H13BrClN3O2S. The van der Waals surface area contributed by atoms with Crippen molar-refractivity contribution in [2.75, 3.05) is 10.5 Å². The molecule has 2 aromatic rings. The Balaban J connectivity index is 2.45. The van der Waals surface area contributed by atoms with E-state index in [1.807, 2.05) is 6.92 Å². The Morgan fingerprint density at radius 2 is 1.95 bits per heavy atom. The predicted octanol–water partition coefficient (Wildman–Crippen LogP) is 3.50. The molecule has 0 radical (unpaired) electrons. The lowest BCUT2D eigenvalue weighted by Crippen LogP contribution is -2.15. The highest BCUT2D eigenvalue weighted by atomic mass is 79.9. The zero-order chi connectivity index (χ0) is 15.8. The summed E-state index contributed by atoms with van der Waals surface area (Å²) in [6, 6.07) is 4.71. The molecule has 0 saturated carbocycles. The highest BCUT2D eigenvalue weighted by molar-refractivity contribution is 9.10. The molecule has 0 saturated heterocycles. The first-order valence-electron chi connectivity index (χ1n) is 5.91. The Hall–Kier alpha value is -1.31. The number of nitrogens with one attached hydrogen (secondary N) is 1. The van der Waals surface area contributed by atoms with E-state index in [2.05, 4.69) is 25.6 Å². The topological polar surface area (TPSA) is 85.1 Å². The largest absolute Gasteiger partial charge is 0.399 e. The van der Waals surface area contributed by atoms with Crippen LogP contribution in [0.2, 0.25) is 5.15 Å². The molecular weight excluding hydrogens is 378 g/mol. The van der Waals surface area contributed by atoms with E-state index in [4.69, 9.17) is 17.3 Å². The fraction of sp³-hybridized carbons (Fsp3) is 0.154. The second kappa shape index (κ2) is 5.82. The highest BCUT2D eigenvalue weighted by Gasteiger charge is 2.19. The molecule has 1 heterocycles. The number of anilines is 2. The van der Waals surface area contributed by atoms with Gasteiger partial charge in [-0.2, -0.15) is 0 Å². The smallest absolute Gasteiger partial charge is 0.262 e. The quantitative estimate of drug-likeness (QED) is 0.620. The molecule has 2 rings (SSSR count). The van der Waals surface area contributed by atoms with Gasteiger partial charge in [-0.3, -0.25) is 4.72 Å². The number of nitrogens with two attached hydrogens (primary N) is 1. The minimum Gasteiger partial charge on any atom is -0.399 e. The van der Waals surface area contributed by atoms with Crippen LogP contribution in [0.25, 0.3) is 0 Å². The van der Waals surface area contributed by atoms with E-state index in [9.17, 15) is 8.42 Å². The number of benzene rings is 1. The van der Waals surface area contributed by atoms with E-state index in [0.29, 0.717) is 21.4 Å². The van der Waals surface area contributed by atoms with Crippen LogP contribution in [0.1, 0.15) is 11.1 Å². The van der Waals surface area contributed by atoms with E-state index < -0.39 is 10.0 Å². The van der Waals surface area contributed by atoms with Gasteiger partial charge in [0.1, 0.15) is 5.15 Å². The highest BCUT2D eigenvalue weighted by Crippen LogP contribution is 2.27. The summed E-state index contributed by atoms with van der Waals surface area (Å²) in [5, 5.41) is 0.258. The van der Waals surface area contributed by atoms with Crippen LogP contribution in [0, 0.1) is 13.8 Å². The first-order valence-corrected chi connectivity index (χ1v) is 8.56. The summed E-state index contributed by atoms with van der Waals surface area (Å²) in [6.07, 6.45) is 1.35. The summed E-state index contributed by atoms with van der Waals surface area (Å²) in [6.45, 7) is 3.55. The third kappa shape index (κ3) is 3.48. The summed E-state index contributed by atoms with van der Waals surface area (Å²) in [5.41, 5.74) is 7.90. The molecule has 5 nitrogen and oxygen atoms in total. The summed E-state index contributed by atoms with van der Waals surface area (Å²) in [5.74, 6) is 0. The summed E-state index contributed by atoms with van der Waals surface area (Å²) < 4.78 is 27.9. The Bertz CT molecular complexity index is 809. The van der Waals surface area contributed by atoms with Gasteiger partial charge in [0, 0.05) is 5.69 Å². The fourth-order valence-corrected chi connectivity index (χ4v) is 3.66. The van der Waals surface area contributed by atoms with Gasteiger partial charge in [0.2, 0.25) is 0 Å². The molecule has 0 aliphatic heterocycles. The lowest BCUT2D eigenvalue weighted by Gasteiger charge is -2.13. The van der Waals surface area contributed by atoms with Crippen LogP contribution in [0.3, 0.4) is 0 Å². The maximum atomic E-state index is 12.5. The molecule has 0 aliphatic carbocycles. The average molecular weight is 391 g/mol. The SMILES string of the molecule is Cc1cc(N)cc(S(=O)(=O)Nc2cnc(Cl)c(Br)c2)c1C. The molecule has 0 aliphatic rings. The van der Waals surface area contributed by atoms with Crippen molar-refractivity contribution in [1.29, 1.82) is 0 Å². The number of nitrogen functional groups attached to an aromatic ring is 1. The second-order valence-corrected chi connectivity index (χ2v) is 7.43. The van der Waals surface area contributed by atoms with Crippen LogP contribution >= 0.6 is 27.5 Å². The van der Waals surface area contributed by atoms with Crippen LogP contribution in [0.5, 0.6) is 0 Å². The Morgan fingerprint density at radius 1 is 1.29 bits per heavy atom. The van der Waals surface area contributed by atoms with Crippen LogP contribution in [-0.4, -0.2) is 13.4 Å². The van der Waals surface area contributed by atoms with Gasteiger partial charge in [-0.15, -0.1) is 0 Å². The number of hydrogen-bond donors (Lipinski definition) is 2. The van der Waals surface area contributed by atoms with Gasteiger partial charge in [-0.05, 0) is 59.1 Å². The molecule has 0 fully saturated rings. The monoisotopic (exact) mass is 389 g/mol. The first kappa shape index (κ1) is 16.1. The third-order valence-corrected chi connectivity index (χ3v) is 5.62. The molecule has 0 unspecified atom stereocenters. The minimum absolute atomic E-state index is 0.145. The maximum absolute atomic E-state index is 12.5. The molecule has 0 amide bonds. The zero-order valence-corrected chi connectivity index (χ0v) is 14.5. The predicted molar refractivity (Wildman–Crippen MR) is 88.1 cm³/mol. The number of nitrogens with zero attached hydrogens (tertiary/aromatic N) is 1. The Morgan fingerprint density at radius 3 is 2.57 bits per heavy atom. The van der Waals surface area contributed by atoms with E-state index >= 15 is 0 Å². The van der Waals surface area contributed by atoms with Crippen molar-refractivity contribution in [3.63, 3.8) is 0 Å². The number of hydrogen-bond acceptors (Lipinski definition) is 4. The molecule has 8 heteroatoms. The van der Waals surface area contributed by atoms with Gasteiger partial charge in [0.05, 0.1) is 21.3 Å². The number of pyridine rings is 1. The number of rotatable bonds is 3. The summed E-state index contributed by atoms with van der Waals surface area (Å²) in [7, 11) is -3.75.